The summed E-state index contributed by atoms with van der Waals surface area (Å²) in [4.78, 5) is 4.35. The summed E-state index contributed by atoms with van der Waals surface area (Å²) in [6.45, 7) is 0.401. The lowest BCUT2D eigenvalue weighted by Crippen LogP contribution is -1.97. The van der Waals surface area contributed by atoms with Crippen LogP contribution in [0, 0.1) is 0 Å². The van der Waals surface area contributed by atoms with Crippen LogP contribution in [0.25, 0.3) is 0 Å². The van der Waals surface area contributed by atoms with E-state index in [1.807, 2.05) is 12.1 Å². The minimum atomic E-state index is 0.200. The number of aliphatic imine (C=N–C) groups is 1. The van der Waals surface area contributed by atoms with E-state index in [-0.39, 0.29) is 5.75 Å². The molecule has 0 unspecified atom stereocenters. The lowest BCUT2D eigenvalue weighted by molar-refractivity contribution is 0.347. The van der Waals surface area contributed by atoms with Gasteiger partial charge in [0.1, 0.15) is 11.5 Å². The first kappa shape index (κ1) is 15.7. The molecule has 0 heterocycles. The van der Waals surface area contributed by atoms with Crippen molar-refractivity contribution in [2.24, 2.45) is 4.99 Å². The molecule has 0 amide bonds. The second kappa shape index (κ2) is 7.36. The number of phenols is 1. The highest BCUT2D eigenvalue weighted by Crippen LogP contribution is 2.34. The van der Waals surface area contributed by atoms with Crippen LogP contribution in [-0.4, -0.2) is 32.7 Å². The molecule has 5 heteroatoms. The second-order valence-corrected chi connectivity index (χ2v) is 4.55. The Morgan fingerprint density at radius 3 is 2.23 bits per heavy atom. The SMILES string of the molecule is COc1cc(OC)c(OC)cc1CN=Cc1ccccc1O. The van der Waals surface area contributed by atoms with Crippen LogP contribution < -0.4 is 14.2 Å². The predicted octanol–water partition coefficient (Wildman–Crippen LogP) is 3.04. The summed E-state index contributed by atoms with van der Waals surface area (Å²) in [7, 11) is 4.75. The highest BCUT2D eigenvalue weighted by atomic mass is 16.5. The number of phenolic OH excluding ortho intramolecular Hbond substituents is 1. The number of benzene rings is 2. The highest BCUT2D eigenvalue weighted by Gasteiger charge is 2.11. The lowest BCUT2D eigenvalue weighted by Gasteiger charge is -2.12. The fourth-order valence-corrected chi connectivity index (χ4v) is 2.06. The summed E-state index contributed by atoms with van der Waals surface area (Å²) in [6, 6.07) is 10.6. The smallest absolute Gasteiger partial charge is 0.164 e. The van der Waals surface area contributed by atoms with Gasteiger partial charge in [-0.05, 0) is 18.2 Å². The van der Waals surface area contributed by atoms with E-state index >= 15 is 0 Å². The number of methoxy groups -OCH3 is 3. The van der Waals surface area contributed by atoms with Gasteiger partial charge in [0.25, 0.3) is 0 Å². The topological polar surface area (TPSA) is 60.3 Å². The van der Waals surface area contributed by atoms with E-state index in [0.717, 1.165) is 5.56 Å². The van der Waals surface area contributed by atoms with Crippen molar-refractivity contribution in [3.63, 3.8) is 0 Å². The van der Waals surface area contributed by atoms with Gasteiger partial charge in [-0.25, -0.2) is 0 Å². The van der Waals surface area contributed by atoms with Crippen molar-refractivity contribution >= 4 is 6.21 Å². The quantitative estimate of drug-likeness (QED) is 0.833. The van der Waals surface area contributed by atoms with Crippen LogP contribution in [0.3, 0.4) is 0 Å². The molecule has 0 radical (unpaired) electrons. The minimum Gasteiger partial charge on any atom is -0.507 e. The van der Waals surface area contributed by atoms with Gasteiger partial charge in [-0.1, -0.05) is 12.1 Å². The minimum absolute atomic E-state index is 0.200. The Kier molecular flexibility index (Phi) is 5.25. The second-order valence-electron chi connectivity index (χ2n) is 4.55. The molecule has 2 aromatic rings. The Bertz CT molecular complexity index is 668. The van der Waals surface area contributed by atoms with Crippen LogP contribution in [-0.2, 0) is 6.54 Å². The molecule has 1 N–H and O–H groups in total. The fraction of sp³-hybridized carbons (Fsp3) is 0.235. The van der Waals surface area contributed by atoms with Crippen LogP contribution in [0.15, 0.2) is 41.4 Å². The summed E-state index contributed by atoms with van der Waals surface area (Å²) in [5, 5.41) is 9.71. The third kappa shape index (κ3) is 3.49. The summed E-state index contributed by atoms with van der Waals surface area (Å²) in [5.41, 5.74) is 1.54. The monoisotopic (exact) mass is 301 g/mol. The molecular formula is C17H19NO4. The summed E-state index contributed by atoms with van der Waals surface area (Å²) in [5.74, 6) is 2.10. The number of hydrogen-bond acceptors (Lipinski definition) is 5. The maximum Gasteiger partial charge on any atom is 0.164 e. The van der Waals surface area contributed by atoms with Crippen molar-refractivity contribution in [2.75, 3.05) is 21.3 Å². The largest absolute Gasteiger partial charge is 0.507 e. The van der Waals surface area contributed by atoms with Crippen molar-refractivity contribution in [1.29, 1.82) is 0 Å². The van der Waals surface area contributed by atoms with E-state index in [9.17, 15) is 5.11 Å². The van der Waals surface area contributed by atoms with Crippen molar-refractivity contribution in [2.45, 2.75) is 6.54 Å². The summed E-state index contributed by atoms with van der Waals surface area (Å²) in [6.07, 6.45) is 1.63. The molecule has 0 aromatic heterocycles. The standard InChI is InChI=1S/C17H19NO4/c1-20-15-9-17(22-3)16(21-2)8-13(15)11-18-10-12-6-4-5-7-14(12)19/h4-10,19H,11H2,1-3H3. The van der Waals surface area contributed by atoms with Gasteiger partial charge < -0.3 is 19.3 Å². The first-order valence-electron chi connectivity index (χ1n) is 6.76. The Balaban J connectivity index is 2.23. The Hall–Kier alpha value is -2.69. The van der Waals surface area contributed by atoms with Gasteiger partial charge in [-0.2, -0.15) is 0 Å². The van der Waals surface area contributed by atoms with E-state index in [2.05, 4.69) is 4.99 Å². The van der Waals surface area contributed by atoms with Crippen molar-refractivity contribution in [1.82, 2.24) is 0 Å². The van der Waals surface area contributed by atoms with Gasteiger partial charge in [0.05, 0.1) is 27.9 Å². The predicted molar refractivity (Wildman–Crippen MR) is 85.5 cm³/mol. The molecule has 0 spiro atoms. The molecule has 0 aliphatic rings. The molecule has 2 rings (SSSR count). The van der Waals surface area contributed by atoms with Crippen molar-refractivity contribution in [3.8, 4) is 23.0 Å². The maximum atomic E-state index is 9.71. The number of ether oxygens (including phenoxy) is 3. The summed E-state index contributed by atoms with van der Waals surface area (Å²) >= 11 is 0. The van der Waals surface area contributed by atoms with Gasteiger partial charge in [0, 0.05) is 23.4 Å². The number of hydrogen-bond donors (Lipinski definition) is 1. The molecule has 0 bridgehead atoms. The van der Waals surface area contributed by atoms with E-state index in [1.165, 1.54) is 0 Å². The highest BCUT2D eigenvalue weighted by molar-refractivity contribution is 5.83. The molecular weight excluding hydrogens is 282 g/mol. The van der Waals surface area contributed by atoms with Crippen molar-refractivity contribution < 1.29 is 19.3 Å². The average Bonchev–Trinajstić information content (AvgIpc) is 2.56. The molecule has 0 saturated carbocycles. The molecule has 116 valence electrons. The normalized spacial score (nSPS) is 10.7. The fourth-order valence-electron chi connectivity index (χ4n) is 2.06. The van der Waals surface area contributed by atoms with Crippen LogP contribution in [0.2, 0.25) is 0 Å². The molecule has 22 heavy (non-hydrogen) atoms. The first-order chi connectivity index (χ1) is 10.7. The Morgan fingerprint density at radius 1 is 0.955 bits per heavy atom. The van der Waals surface area contributed by atoms with Gasteiger partial charge in [-0.3, -0.25) is 4.99 Å². The van der Waals surface area contributed by atoms with Crippen LogP contribution in [0.5, 0.6) is 23.0 Å². The number of aromatic hydroxyl groups is 1. The van der Waals surface area contributed by atoms with Crippen LogP contribution in [0.1, 0.15) is 11.1 Å². The maximum absolute atomic E-state index is 9.71. The average molecular weight is 301 g/mol. The molecule has 0 fully saturated rings. The first-order valence-corrected chi connectivity index (χ1v) is 6.76. The van der Waals surface area contributed by atoms with E-state index < -0.39 is 0 Å². The van der Waals surface area contributed by atoms with E-state index in [1.54, 1.807) is 51.8 Å². The third-order valence-electron chi connectivity index (χ3n) is 3.22. The van der Waals surface area contributed by atoms with Gasteiger partial charge in [-0.15, -0.1) is 0 Å². The molecule has 0 aliphatic carbocycles. The van der Waals surface area contributed by atoms with Gasteiger partial charge >= 0.3 is 0 Å². The zero-order chi connectivity index (χ0) is 15.9. The molecule has 5 nitrogen and oxygen atoms in total. The van der Waals surface area contributed by atoms with E-state index in [4.69, 9.17) is 14.2 Å². The Morgan fingerprint density at radius 2 is 1.59 bits per heavy atom. The Labute approximate surface area is 129 Å². The van der Waals surface area contributed by atoms with Crippen molar-refractivity contribution in [3.05, 3.63) is 47.5 Å². The van der Waals surface area contributed by atoms with Crippen LogP contribution in [0.4, 0.5) is 0 Å². The zero-order valence-corrected chi connectivity index (χ0v) is 12.9. The summed E-state index contributed by atoms with van der Waals surface area (Å²) < 4.78 is 15.9. The number of nitrogens with zero attached hydrogens (tertiary/aromatic N) is 1. The number of rotatable bonds is 6. The third-order valence-corrected chi connectivity index (χ3v) is 3.22. The molecule has 0 saturated heterocycles. The van der Waals surface area contributed by atoms with Gasteiger partial charge in [0.15, 0.2) is 11.5 Å². The molecule has 0 aliphatic heterocycles. The zero-order valence-electron chi connectivity index (χ0n) is 12.9. The lowest BCUT2D eigenvalue weighted by atomic mass is 10.1. The van der Waals surface area contributed by atoms with Crippen LogP contribution >= 0.6 is 0 Å². The number of para-hydroxylation sites is 1. The van der Waals surface area contributed by atoms with Gasteiger partial charge in [0.2, 0.25) is 0 Å². The van der Waals surface area contributed by atoms with E-state index in [0.29, 0.717) is 29.4 Å². The molecule has 0 atom stereocenters. The molecule has 2 aromatic carbocycles.